The van der Waals surface area contributed by atoms with Gasteiger partial charge in [-0.3, -0.25) is 0 Å². The van der Waals surface area contributed by atoms with Crippen molar-refractivity contribution in [2.45, 2.75) is 18.8 Å². The fourth-order valence-corrected chi connectivity index (χ4v) is 2.28. The first-order valence-corrected chi connectivity index (χ1v) is 7.02. The van der Waals surface area contributed by atoms with Gasteiger partial charge in [0.1, 0.15) is 16.8 Å². The lowest BCUT2D eigenvalue weighted by Gasteiger charge is -2.09. The third kappa shape index (κ3) is 3.11. The van der Waals surface area contributed by atoms with Gasteiger partial charge in [-0.15, -0.1) is 0 Å². The number of aromatic nitrogens is 2. The van der Waals surface area contributed by atoms with Gasteiger partial charge in [-0.25, -0.2) is 9.97 Å². The van der Waals surface area contributed by atoms with Crippen LogP contribution < -0.4 is 5.32 Å². The lowest BCUT2D eigenvalue weighted by Crippen LogP contribution is -2.00. The molecule has 1 aromatic heterocycles. The second kappa shape index (κ2) is 5.16. The highest BCUT2D eigenvalue weighted by atomic mass is 35.5. The lowest BCUT2D eigenvalue weighted by atomic mass is 10.3. The Bertz CT molecular complexity index is 627. The van der Waals surface area contributed by atoms with Crippen LogP contribution in [0.1, 0.15) is 24.6 Å². The van der Waals surface area contributed by atoms with E-state index in [9.17, 15) is 0 Å². The Balaban J connectivity index is 1.92. The molecule has 19 heavy (non-hydrogen) atoms. The lowest BCUT2D eigenvalue weighted by molar-refractivity contribution is 0.931. The second-order valence-electron chi connectivity index (χ2n) is 4.46. The van der Waals surface area contributed by atoms with E-state index < -0.39 is 0 Å². The summed E-state index contributed by atoms with van der Waals surface area (Å²) in [6.07, 6.45) is 2.25. The van der Waals surface area contributed by atoms with Crippen LogP contribution in [0, 0.1) is 0 Å². The van der Waals surface area contributed by atoms with Gasteiger partial charge in [0.05, 0.1) is 10.7 Å². The van der Waals surface area contributed by atoms with E-state index >= 15 is 0 Å². The minimum absolute atomic E-state index is 0.428. The molecule has 3 nitrogen and oxygen atoms in total. The highest BCUT2D eigenvalue weighted by Crippen LogP contribution is 2.39. The van der Waals surface area contributed by atoms with Crippen molar-refractivity contribution in [2.75, 3.05) is 5.32 Å². The number of benzene rings is 1. The summed E-state index contributed by atoms with van der Waals surface area (Å²) in [4.78, 5) is 8.69. The molecule has 0 aliphatic heterocycles. The SMILES string of the molecule is Clc1ccc(Cl)c(Nc2cc(Cl)nc(C3CC3)n2)c1. The third-order valence-corrected chi connectivity index (χ3v) is 3.60. The van der Waals surface area contributed by atoms with Gasteiger partial charge in [-0.2, -0.15) is 0 Å². The zero-order valence-corrected chi connectivity index (χ0v) is 12.1. The van der Waals surface area contributed by atoms with Gasteiger partial charge in [0, 0.05) is 17.0 Å². The highest BCUT2D eigenvalue weighted by Gasteiger charge is 2.27. The van der Waals surface area contributed by atoms with Crippen molar-refractivity contribution >= 4 is 46.3 Å². The van der Waals surface area contributed by atoms with Crippen molar-refractivity contribution in [2.24, 2.45) is 0 Å². The van der Waals surface area contributed by atoms with Crippen LogP contribution in [0.2, 0.25) is 15.2 Å². The van der Waals surface area contributed by atoms with Crippen molar-refractivity contribution < 1.29 is 0 Å². The number of anilines is 2. The van der Waals surface area contributed by atoms with Gasteiger partial charge >= 0.3 is 0 Å². The average Bonchev–Trinajstić information content (AvgIpc) is 3.17. The molecule has 1 aliphatic rings. The minimum Gasteiger partial charge on any atom is -0.339 e. The maximum atomic E-state index is 6.10. The van der Waals surface area contributed by atoms with Gasteiger partial charge < -0.3 is 5.32 Å². The highest BCUT2D eigenvalue weighted by molar-refractivity contribution is 6.35. The van der Waals surface area contributed by atoms with Crippen LogP contribution in [0.3, 0.4) is 0 Å². The number of hydrogen-bond acceptors (Lipinski definition) is 3. The van der Waals surface area contributed by atoms with E-state index in [1.807, 2.05) is 0 Å². The number of nitrogens with zero attached hydrogens (tertiary/aromatic N) is 2. The quantitative estimate of drug-likeness (QED) is 0.805. The maximum absolute atomic E-state index is 6.10. The van der Waals surface area contributed by atoms with Crippen LogP contribution in [0.4, 0.5) is 11.5 Å². The summed E-state index contributed by atoms with van der Waals surface area (Å²) in [5.74, 6) is 1.85. The molecule has 0 atom stereocenters. The van der Waals surface area contributed by atoms with Crippen LogP contribution in [0.5, 0.6) is 0 Å². The van der Waals surface area contributed by atoms with E-state index in [0.717, 1.165) is 18.7 Å². The number of nitrogens with one attached hydrogen (secondary N) is 1. The normalized spacial score (nSPS) is 14.5. The van der Waals surface area contributed by atoms with Gasteiger partial charge in [0.25, 0.3) is 0 Å². The molecule has 0 saturated heterocycles. The molecule has 2 aromatic rings. The summed E-state index contributed by atoms with van der Waals surface area (Å²) in [7, 11) is 0. The Labute approximate surface area is 125 Å². The first-order valence-electron chi connectivity index (χ1n) is 5.88. The smallest absolute Gasteiger partial charge is 0.135 e. The van der Waals surface area contributed by atoms with Crippen LogP contribution >= 0.6 is 34.8 Å². The zero-order chi connectivity index (χ0) is 13.4. The standard InChI is InChI=1S/C13H10Cl3N3/c14-8-3-4-9(15)10(5-8)17-12-6-11(16)18-13(19-12)7-1-2-7/h3-7H,1-2H2,(H,17,18,19). The Morgan fingerprint density at radius 1 is 1.05 bits per heavy atom. The van der Waals surface area contributed by atoms with Crippen molar-refractivity contribution in [3.63, 3.8) is 0 Å². The predicted molar refractivity (Wildman–Crippen MR) is 78.8 cm³/mol. The molecular weight excluding hydrogens is 305 g/mol. The van der Waals surface area contributed by atoms with Crippen LogP contribution in [-0.2, 0) is 0 Å². The Kier molecular flexibility index (Phi) is 3.52. The molecule has 1 fully saturated rings. The molecule has 3 rings (SSSR count). The second-order valence-corrected chi connectivity index (χ2v) is 5.69. The number of hydrogen-bond donors (Lipinski definition) is 1. The molecule has 0 unspecified atom stereocenters. The molecule has 98 valence electrons. The largest absolute Gasteiger partial charge is 0.339 e. The predicted octanol–water partition coefficient (Wildman–Crippen LogP) is 5.06. The fourth-order valence-electron chi connectivity index (χ4n) is 1.75. The molecule has 0 spiro atoms. The number of halogens is 3. The molecule has 1 aromatic carbocycles. The van der Waals surface area contributed by atoms with Gasteiger partial charge in [-0.05, 0) is 31.0 Å². The zero-order valence-electron chi connectivity index (χ0n) is 9.83. The van der Waals surface area contributed by atoms with E-state index in [2.05, 4.69) is 15.3 Å². The monoisotopic (exact) mass is 313 g/mol. The molecule has 0 bridgehead atoms. The first-order chi connectivity index (χ1) is 9.11. The summed E-state index contributed by atoms with van der Waals surface area (Å²) in [6.45, 7) is 0. The van der Waals surface area contributed by atoms with Crippen LogP contribution in [0.15, 0.2) is 24.3 Å². The van der Waals surface area contributed by atoms with Crippen LogP contribution in [-0.4, -0.2) is 9.97 Å². The molecule has 1 aliphatic carbocycles. The van der Waals surface area contributed by atoms with Gasteiger partial charge in [0.2, 0.25) is 0 Å². The molecule has 0 amide bonds. The van der Waals surface area contributed by atoms with Crippen molar-refractivity contribution in [1.29, 1.82) is 0 Å². The molecule has 0 radical (unpaired) electrons. The molecule has 1 N–H and O–H groups in total. The summed E-state index contributed by atoms with van der Waals surface area (Å²) in [5.41, 5.74) is 0.700. The summed E-state index contributed by atoms with van der Waals surface area (Å²) < 4.78 is 0. The summed E-state index contributed by atoms with van der Waals surface area (Å²) >= 11 is 18.1. The molecule has 1 heterocycles. The number of rotatable bonds is 3. The Hall–Kier alpha value is -1.03. The minimum atomic E-state index is 0.428. The first kappa shape index (κ1) is 13.0. The molecule has 1 saturated carbocycles. The molecule has 6 heteroatoms. The Morgan fingerprint density at radius 2 is 1.84 bits per heavy atom. The van der Waals surface area contributed by atoms with Crippen molar-refractivity contribution in [3.8, 4) is 0 Å². The van der Waals surface area contributed by atoms with Crippen LogP contribution in [0.25, 0.3) is 0 Å². The molecular formula is C13H10Cl3N3. The van der Waals surface area contributed by atoms with E-state index in [1.165, 1.54) is 0 Å². The summed E-state index contributed by atoms with van der Waals surface area (Å²) in [6, 6.07) is 6.88. The van der Waals surface area contributed by atoms with E-state index in [0.29, 0.717) is 32.6 Å². The van der Waals surface area contributed by atoms with Crippen molar-refractivity contribution in [1.82, 2.24) is 9.97 Å². The van der Waals surface area contributed by atoms with E-state index in [-0.39, 0.29) is 0 Å². The van der Waals surface area contributed by atoms with E-state index in [4.69, 9.17) is 34.8 Å². The summed E-state index contributed by atoms with van der Waals surface area (Å²) in [5, 5.41) is 4.74. The average molecular weight is 315 g/mol. The van der Waals surface area contributed by atoms with Crippen molar-refractivity contribution in [3.05, 3.63) is 45.3 Å². The topological polar surface area (TPSA) is 37.8 Å². The Morgan fingerprint density at radius 3 is 2.58 bits per heavy atom. The third-order valence-electron chi connectivity index (χ3n) is 2.85. The van der Waals surface area contributed by atoms with Gasteiger partial charge in [-0.1, -0.05) is 34.8 Å². The van der Waals surface area contributed by atoms with E-state index in [1.54, 1.807) is 24.3 Å². The van der Waals surface area contributed by atoms with Gasteiger partial charge in [0.15, 0.2) is 0 Å². The fraction of sp³-hybridized carbons (Fsp3) is 0.231. The maximum Gasteiger partial charge on any atom is 0.135 e.